The van der Waals surface area contributed by atoms with E-state index in [2.05, 4.69) is 25.9 Å². The molecule has 0 radical (unpaired) electrons. The number of nitrogens with one attached hydrogen (secondary N) is 2. The molecule has 14 nitrogen and oxygen atoms in total. The van der Waals surface area contributed by atoms with Crippen LogP contribution >= 0.6 is 0 Å². The van der Waals surface area contributed by atoms with Crippen LogP contribution in [0.4, 0.5) is 13.2 Å². The molecule has 4 atom stereocenters. The largest absolute Gasteiger partial charge is 0.486 e. The van der Waals surface area contributed by atoms with Crippen molar-refractivity contribution >= 4 is 23.6 Å². The molecule has 304 valence electrons. The van der Waals surface area contributed by atoms with Crippen molar-refractivity contribution in [3.63, 3.8) is 0 Å². The van der Waals surface area contributed by atoms with Gasteiger partial charge in [0.2, 0.25) is 17.7 Å². The number of halogens is 3. The topological polar surface area (TPSA) is 172 Å². The average molecular weight is 785 g/mol. The number of benzene rings is 1. The Hall–Kier alpha value is -5.06. The lowest BCUT2D eigenvalue weighted by atomic mass is 10.0. The molecule has 2 bridgehead atoms. The van der Waals surface area contributed by atoms with E-state index < -0.39 is 71.6 Å². The number of nitrogens with zero attached hydrogens (tertiary/aromatic N) is 6. The number of rotatable bonds is 4. The van der Waals surface area contributed by atoms with Gasteiger partial charge in [-0.3, -0.25) is 28.8 Å². The van der Waals surface area contributed by atoms with E-state index >= 15 is 0 Å². The van der Waals surface area contributed by atoms with Crippen molar-refractivity contribution in [3.05, 3.63) is 71.3 Å². The van der Waals surface area contributed by atoms with Crippen LogP contribution in [0, 0.1) is 5.92 Å². The van der Waals surface area contributed by atoms with Gasteiger partial charge in [-0.15, -0.1) is 5.10 Å². The summed E-state index contributed by atoms with van der Waals surface area (Å²) < 4.78 is 50.2. The maximum atomic E-state index is 14.3. The van der Waals surface area contributed by atoms with Crippen LogP contribution in [0.25, 0.3) is 0 Å². The molecule has 4 amide bonds. The highest BCUT2D eigenvalue weighted by Gasteiger charge is 2.45. The van der Waals surface area contributed by atoms with Gasteiger partial charge >= 0.3 is 6.18 Å². The van der Waals surface area contributed by atoms with E-state index in [-0.39, 0.29) is 43.3 Å². The predicted molar refractivity (Wildman–Crippen MR) is 198 cm³/mol. The van der Waals surface area contributed by atoms with Gasteiger partial charge in [0, 0.05) is 51.9 Å². The van der Waals surface area contributed by atoms with Crippen molar-refractivity contribution in [1.82, 2.24) is 40.4 Å². The molecule has 5 rings (SSSR count). The number of aromatic nitrogens is 4. The molecule has 4 heterocycles. The van der Waals surface area contributed by atoms with E-state index in [0.717, 1.165) is 50.7 Å². The number of pyridine rings is 1. The molecule has 17 heteroatoms. The number of aryl methyl sites for hydroxylation is 1. The van der Waals surface area contributed by atoms with Gasteiger partial charge in [0.25, 0.3) is 5.91 Å². The van der Waals surface area contributed by atoms with E-state index in [0.29, 0.717) is 18.7 Å². The second-order valence-corrected chi connectivity index (χ2v) is 14.9. The van der Waals surface area contributed by atoms with Gasteiger partial charge in [-0.1, -0.05) is 56.9 Å². The van der Waals surface area contributed by atoms with Crippen molar-refractivity contribution in [2.45, 2.75) is 115 Å². The van der Waals surface area contributed by atoms with Crippen molar-refractivity contribution in [1.29, 1.82) is 0 Å². The van der Waals surface area contributed by atoms with Gasteiger partial charge in [0.1, 0.15) is 36.2 Å². The van der Waals surface area contributed by atoms with E-state index in [1.807, 2.05) is 0 Å². The van der Waals surface area contributed by atoms with E-state index in [1.165, 1.54) is 22.9 Å². The molecule has 56 heavy (non-hydrogen) atoms. The number of carbonyl (C=O) groups excluding carboxylic acids is 4. The molecule has 2 aliphatic rings. The van der Waals surface area contributed by atoms with Gasteiger partial charge in [0.05, 0.1) is 23.4 Å². The molecular weight excluding hydrogens is 733 g/mol. The summed E-state index contributed by atoms with van der Waals surface area (Å²) in [7, 11) is 1.48. The van der Waals surface area contributed by atoms with Gasteiger partial charge in [-0.2, -0.15) is 13.2 Å². The van der Waals surface area contributed by atoms with Crippen LogP contribution in [-0.4, -0.2) is 103 Å². The Morgan fingerprint density at radius 3 is 2.46 bits per heavy atom. The van der Waals surface area contributed by atoms with Gasteiger partial charge in [-0.25, -0.2) is 0 Å². The summed E-state index contributed by atoms with van der Waals surface area (Å²) in [6.45, 7) is 3.93. The van der Waals surface area contributed by atoms with Crippen molar-refractivity contribution in [3.8, 4) is 5.75 Å². The third kappa shape index (κ3) is 11.0. The Morgan fingerprint density at radius 2 is 1.75 bits per heavy atom. The zero-order valence-electron chi connectivity index (χ0n) is 32.0. The normalized spacial score (nSPS) is 22.9. The number of likely N-dealkylation sites (N-methyl/N-ethyl adjacent to an activating group) is 1. The maximum absolute atomic E-state index is 14.3. The SMILES string of the molecule is CC(C)C[C@H]1NC(=O)c2cccc(C(F)(F)F)c2OCc2cn(nn2)CCCCCCCCNC(=O)[C@H](Cc2cccnc2)N(C)C(=O)[C@H]2C[C@H](O)CN2C1=O. The van der Waals surface area contributed by atoms with Crippen LogP contribution in [0.15, 0.2) is 48.9 Å². The number of amides is 4. The number of aliphatic hydroxyl groups is 1. The van der Waals surface area contributed by atoms with Crippen molar-refractivity contribution in [2.24, 2.45) is 5.92 Å². The highest BCUT2D eigenvalue weighted by atomic mass is 19.4. The first-order valence-electron chi connectivity index (χ1n) is 19.2. The Kier molecular flexibility index (Phi) is 14.4. The molecule has 3 N–H and O–H groups in total. The summed E-state index contributed by atoms with van der Waals surface area (Å²) in [5.74, 6) is -3.56. The molecule has 1 aromatic carbocycles. The summed E-state index contributed by atoms with van der Waals surface area (Å²) in [4.78, 5) is 62.8. The molecular formula is C39H51F3N8O6. The maximum Gasteiger partial charge on any atom is 0.419 e. The van der Waals surface area contributed by atoms with Gasteiger partial charge in [-0.05, 0) is 48.9 Å². The average Bonchev–Trinajstić information content (AvgIpc) is 3.79. The minimum Gasteiger partial charge on any atom is -0.486 e. The second-order valence-electron chi connectivity index (χ2n) is 14.9. The summed E-state index contributed by atoms with van der Waals surface area (Å²) >= 11 is 0. The quantitative estimate of drug-likeness (QED) is 0.355. The van der Waals surface area contributed by atoms with E-state index in [1.54, 1.807) is 49.3 Å². The molecule has 0 spiro atoms. The number of ether oxygens (including phenoxy) is 1. The van der Waals surface area contributed by atoms with E-state index in [4.69, 9.17) is 4.74 Å². The molecule has 1 fully saturated rings. The third-order valence-corrected chi connectivity index (χ3v) is 10.1. The van der Waals surface area contributed by atoms with E-state index in [9.17, 15) is 37.5 Å². The molecule has 0 saturated carbocycles. The number of para-hydroxylation sites is 1. The van der Waals surface area contributed by atoms with Gasteiger partial charge in [0.15, 0.2) is 0 Å². The summed E-state index contributed by atoms with van der Waals surface area (Å²) in [6.07, 6.45) is 4.11. The number of fused-ring (bicyclic) bond motifs is 4. The number of hydrogen-bond donors (Lipinski definition) is 3. The molecule has 0 unspecified atom stereocenters. The van der Waals surface area contributed by atoms with Crippen molar-refractivity contribution < 1.29 is 42.2 Å². The summed E-state index contributed by atoms with van der Waals surface area (Å²) in [5.41, 5.74) is -0.654. The van der Waals surface area contributed by atoms with Crippen molar-refractivity contribution in [2.75, 3.05) is 20.1 Å². The third-order valence-electron chi connectivity index (χ3n) is 10.1. The monoisotopic (exact) mass is 784 g/mol. The van der Waals surface area contributed by atoms with Crippen LogP contribution in [0.1, 0.15) is 92.4 Å². The molecule has 2 aliphatic heterocycles. The minimum absolute atomic E-state index is 0.0677. The second kappa shape index (κ2) is 19.2. The van der Waals surface area contributed by atoms with Crippen LogP contribution in [0.5, 0.6) is 5.75 Å². The number of aliphatic hydroxyl groups excluding tert-OH is 1. The van der Waals surface area contributed by atoms with Gasteiger partial charge < -0.3 is 30.3 Å². The smallest absolute Gasteiger partial charge is 0.419 e. The fourth-order valence-electron chi connectivity index (χ4n) is 7.15. The van der Waals surface area contributed by atoms with Crippen LogP contribution in [0.2, 0.25) is 0 Å². The molecule has 3 aromatic rings. The Labute approximate surface area is 324 Å². The first-order chi connectivity index (χ1) is 26.7. The van der Waals surface area contributed by atoms with Crippen LogP contribution in [0.3, 0.4) is 0 Å². The first-order valence-corrected chi connectivity index (χ1v) is 19.2. The van der Waals surface area contributed by atoms with Crippen LogP contribution in [-0.2, 0) is 40.1 Å². The fourth-order valence-corrected chi connectivity index (χ4v) is 7.15. The summed E-state index contributed by atoms with van der Waals surface area (Å²) in [5, 5.41) is 24.5. The standard InChI is InChI=1S/C39H51F3N8O6/c1-25(2)18-31-37(54)50-23-28(51)20-33(50)38(55)48(3)32(19-26-12-11-15-43-21-26)36(53)44-16-8-6-4-5-7-9-17-49-22-27(46-47-49)24-56-34-29(35(52)45-31)13-10-14-30(34)39(40,41)42/h10-15,21-22,25,28,31-33,51H,4-9,16-20,23-24H2,1-3H3,(H,44,53)(H,45,52)/t28-,31+,32-,33+/m0/s1. The minimum atomic E-state index is -4.88. The predicted octanol–water partition coefficient (Wildman–Crippen LogP) is 3.92. The molecule has 0 aliphatic carbocycles. The Balaban J connectivity index is 1.47. The highest BCUT2D eigenvalue weighted by Crippen LogP contribution is 2.39. The lowest BCUT2D eigenvalue weighted by molar-refractivity contribution is -0.147. The number of hydrogen-bond acceptors (Lipinski definition) is 9. The number of carbonyl (C=O) groups is 4. The lowest BCUT2D eigenvalue weighted by Crippen LogP contribution is -2.57. The first kappa shape index (κ1) is 42.1. The highest BCUT2D eigenvalue weighted by molar-refractivity contribution is 6.01. The van der Waals surface area contributed by atoms with Crippen LogP contribution < -0.4 is 15.4 Å². The number of alkyl halides is 3. The zero-order chi connectivity index (χ0) is 40.4. The Bertz CT molecular complexity index is 1810. The fraction of sp³-hybridized carbons (Fsp3) is 0.564. The Morgan fingerprint density at radius 1 is 1.00 bits per heavy atom. The lowest BCUT2D eigenvalue weighted by Gasteiger charge is -2.34. The zero-order valence-corrected chi connectivity index (χ0v) is 32.0. The molecule has 1 saturated heterocycles. The molecule has 2 aromatic heterocycles. The summed E-state index contributed by atoms with van der Waals surface area (Å²) in [6, 6.07) is 3.15.